The van der Waals surface area contributed by atoms with Crippen LogP contribution in [0.1, 0.15) is 24.0 Å². The number of aliphatic imine (C=N–C) groups is 1. The lowest BCUT2D eigenvalue weighted by Crippen LogP contribution is -2.17. The first kappa shape index (κ1) is 17.3. The summed E-state index contributed by atoms with van der Waals surface area (Å²) in [6.07, 6.45) is 4.46. The normalized spacial score (nSPS) is 14.2. The molecule has 0 bridgehead atoms. The first-order chi connectivity index (χ1) is 11.4. The Morgan fingerprint density at radius 3 is 2.58 bits per heavy atom. The van der Waals surface area contributed by atoms with Gasteiger partial charge in [-0.05, 0) is 68.1 Å². The summed E-state index contributed by atoms with van der Waals surface area (Å²) in [4.78, 5) is 6.80. The third-order valence-corrected chi connectivity index (χ3v) is 4.74. The summed E-state index contributed by atoms with van der Waals surface area (Å²) in [7, 11) is 2.08. The molecule has 5 heteroatoms. The van der Waals surface area contributed by atoms with E-state index in [1.165, 1.54) is 12.8 Å². The fraction of sp³-hybridized carbons (Fsp3) is 0.316. The lowest BCUT2D eigenvalue weighted by Gasteiger charge is -2.13. The molecule has 1 fully saturated rings. The molecule has 2 aromatic rings. The highest BCUT2D eigenvalue weighted by Crippen LogP contribution is 2.34. The van der Waals surface area contributed by atoms with Crippen molar-refractivity contribution in [3.8, 4) is 11.5 Å². The third-order valence-electron chi connectivity index (χ3n) is 4.06. The molecule has 1 saturated carbocycles. The van der Waals surface area contributed by atoms with Crippen LogP contribution in [0.25, 0.3) is 0 Å². The number of benzene rings is 2. The van der Waals surface area contributed by atoms with E-state index in [0.29, 0.717) is 16.8 Å². The van der Waals surface area contributed by atoms with E-state index in [0.717, 1.165) is 27.0 Å². The number of hydrogen-bond acceptors (Lipinski definition) is 2. The topological polar surface area (TPSA) is 24.8 Å². The second-order valence-corrected chi connectivity index (χ2v) is 7.60. The highest BCUT2D eigenvalue weighted by molar-refractivity contribution is 9.10. The molecule has 24 heavy (non-hydrogen) atoms. The molecule has 0 N–H and O–H groups in total. The SMILES string of the molecule is Cc1cc(Oc2cc(Cl)cc(Br)c2)c(C)cc1N=CN(C)C1CC1. The number of aryl methyl sites for hydroxylation is 2. The summed E-state index contributed by atoms with van der Waals surface area (Å²) in [5.74, 6) is 1.53. The molecular weight excluding hydrogens is 388 g/mol. The van der Waals surface area contributed by atoms with E-state index in [-0.39, 0.29) is 0 Å². The van der Waals surface area contributed by atoms with Gasteiger partial charge in [0.2, 0.25) is 0 Å². The molecule has 2 aromatic carbocycles. The van der Waals surface area contributed by atoms with Crippen molar-refractivity contribution in [1.82, 2.24) is 4.90 Å². The molecule has 1 aliphatic rings. The van der Waals surface area contributed by atoms with E-state index in [9.17, 15) is 0 Å². The first-order valence-corrected chi connectivity index (χ1v) is 9.11. The Kier molecular flexibility index (Phi) is 5.16. The van der Waals surface area contributed by atoms with E-state index in [1.54, 1.807) is 6.07 Å². The monoisotopic (exact) mass is 406 g/mol. The fourth-order valence-corrected chi connectivity index (χ4v) is 3.30. The summed E-state index contributed by atoms with van der Waals surface area (Å²) in [5.41, 5.74) is 3.09. The van der Waals surface area contributed by atoms with E-state index >= 15 is 0 Å². The summed E-state index contributed by atoms with van der Waals surface area (Å²) >= 11 is 9.51. The molecule has 0 heterocycles. The van der Waals surface area contributed by atoms with Gasteiger partial charge in [-0.2, -0.15) is 0 Å². The van der Waals surface area contributed by atoms with E-state index in [1.807, 2.05) is 38.4 Å². The number of halogens is 2. The highest BCUT2D eigenvalue weighted by Gasteiger charge is 2.24. The van der Waals surface area contributed by atoms with Crippen LogP contribution in [0.4, 0.5) is 5.69 Å². The van der Waals surface area contributed by atoms with Gasteiger partial charge in [-0.25, -0.2) is 4.99 Å². The predicted octanol–water partition coefficient (Wildman–Crippen LogP) is 6.27. The van der Waals surface area contributed by atoms with Crippen LogP contribution in [-0.4, -0.2) is 24.3 Å². The minimum Gasteiger partial charge on any atom is -0.457 e. The van der Waals surface area contributed by atoms with E-state index < -0.39 is 0 Å². The average Bonchev–Trinajstić information content (AvgIpc) is 3.32. The molecular formula is C19H20BrClN2O. The Balaban J connectivity index is 1.81. The molecule has 0 saturated heterocycles. The first-order valence-electron chi connectivity index (χ1n) is 7.93. The van der Waals surface area contributed by atoms with Crippen LogP contribution in [-0.2, 0) is 0 Å². The fourth-order valence-electron chi connectivity index (χ4n) is 2.47. The lowest BCUT2D eigenvalue weighted by molar-refractivity contribution is 0.478. The van der Waals surface area contributed by atoms with Crippen molar-refractivity contribution in [2.45, 2.75) is 32.7 Å². The van der Waals surface area contributed by atoms with Gasteiger partial charge in [-0.15, -0.1) is 0 Å². The molecule has 0 aliphatic heterocycles. The Labute approximate surface area is 156 Å². The zero-order valence-corrected chi connectivity index (χ0v) is 16.4. The summed E-state index contributed by atoms with van der Waals surface area (Å²) in [5, 5.41) is 0.637. The highest BCUT2D eigenvalue weighted by atomic mass is 79.9. The van der Waals surface area contributed by atoms with Crippen molar-refractivity contribution in [1.29, 1.82) is 0 Å². The smallest absolute Gasteiger partial charge is 0.130 e. The maximum atomic E-state index is 6.08. The van der Waals surface area contributed by atoms with Crippen LogP contribution in [0.2, 0.25) is 5.02 Å². The van der Waals surface area contributed by atoms with Gasteiger partial charge < -0.3 is 9.64 Å². The number of ether oxygens (including phenoxy) is 1. The third kappa shape index (κ3) is 4.31. The molecule has 0 amide bonds. The van der Waals surface area contributed by atoms with Gasteiger partial charge in [0, 0.05) is 22.6 Å². The lowest BCUT2D eigenvalue weighted by atomic mass is 10.1. The Morgan fingerprint density at radius 2 is 1.92 bits per heavy atom. The van der Waals surface area contributed by atoms with E-state index in [4.69, 9.17) is 16.3 Å². The van der Waals surface area contributed by atoms with Crippen LogP contribution >= 0.6 is 27.5 Å². The van der Waals surface area contributed by atoms with Gasteiger partial charge in [-0.1, -0.05) is 27.5 Å². The second kappa shape index (κ2) is 7.16. The van der Waals surface area contributed by atoms with E-state index in [2.05, 4.69) is 38.9 Å². The Morgan fingerprint density at radius 1 is 1.17 bits per heavy atom. The van der Waals surface area contributed by atoms with Crippen molar-refractivity contribution in [2.75, 3.05) is 7.05 Å². The number of rotatable bonds is 5. The number of nitrogens with zero attached hydrogens (tertiary/aromatic N) is 2. The quantitative estimate of drug-likeness (QED) is 0.431. The minimum absolute atomic E-state index is 0.637. The van der Waals surface area contributed by atoms with Crippen LogP contribution < -0.4 is 4.74 Å². The molecule has 0 aromatic heterocycles. The van der Waals surface area contributed by atoms with Gasteiger partial charge in [0.15, 0.2) is 0 Å². The summed E-state index contributed by atoms with van der Waals surface area (Å²) < 4.78 is 6.90. The zero-order valence-electron chi connectivity index (χ0n) is 14.0. The Bertz CT molecular complexity index is 767. The average molecular weight is 408 g/mol. The molecule has 3 nitrogen and oxygen atoms in total. The minimum atomic E-state index is 0.637. The van der Waals surface area contributed by atoms with Crippen molar-refractivity contribution in [3.05, 3.63) is 51.0 Å². The molecule has 126 valence electrons. The standard InChI is InChI=1S/C19H20BrClN2O/c1-12-7-19(24-17-9-14(20)8-15(21)10-17)13(2)6-18(12)22-11-23(3)16-4-5-16/h6-11,16H,4-5H2,1-3H3. The van der Waals surface area contributed by atoms with Gasteiger partial charge in [0.05, 0.1) is 12.0 Å². The van der Waals surface area contributed by atoms with Crippen molar-refractivity contribution in [2.24, 2.45) is 4.99 Å². The van der Waals surface area contributed by atoms with Gasteiger partial charge >= 0.3 is 0 Å². The zero-order chi connectivity index (χ0) is 17.3. The van der Waals surface area contributed by atoms with Crippen molar-refractivity contribution in [3.63, 3.8) is 0 Å². The van der Waals surface area contributed by atoms with Gasteiger partial charge in [0.1, 0.15) is 11.5 Å². The van der Waals surface area contributed by atoms with Crippen LogP contribution in [0.15, 0.2) is 39.8 Å². The van der Waals surface area contributed by atoms with Crippen LogP contribution in [0, 0.1) is 13.8 Å². The molecule has 0 spiro atoms. The van der Waals surface area contributed by atoms with Crippen LogP contribution in [0.3, 0.4) is 0 Å². The second-order valence-electron chi connectivity index (χ2n) is 6.25. The maximum absolute atomic E-state index is 6.08. The maximum Gasteiger partial charge on any atom is 0.130 e. The largest absolute Gasteiger partial charge is 0.457 e. The van der Waals surface area contributed by atoms with Crippen molar-refractivity contribution < 1.29 is 4.74 Å². The predicted molar refractivity (Wildman–Crippen MR) is 104 cm³/mol. The molecule has 0 radical (unpaired) electrons. The molecule has 0 atom stereocenters. The molecule has 1 aliphatic carbocycles. The number of hydrogen-bond donors (Lipinski definition) is 0. The molecule has 0 unspecified atom stereocenters. The summed E-state index contributed by atoms with van der Waals surface area (Å²) in [6, 6.07) is 10.3. The molecule has 3 rings (SSSR count). The Hall–Kier alpha value is -1.52. The van der Waals surface area contributed by atoms with Gasteiger partial charge in [0.25, 0.3) is 0 Å². The van der Waals surface area contributed by atoms with Crippen molar-refractivity contribution >= 4 is 39.6 Å². The van der Waals surface area contributed by atoms with Gasteiger partial charge in [-0.3, -0.25) is 0 Å². The summed E-state index contributed by atoms with van der Waals surface area (Å²) in [6.45, 7) is 4.07. The van der Waals surface area contributed by atoms with Crippen LogP contribution in [0.5, 0.6) is 11.5 Å².